The first-order valence-electron chi connectivity index (χ1n) is 8.32. The number of pyridine rings is 1. The Morgan fingerprint density at radius 2 is 2.04 bits per heavy atom. The van der Waals surface area contributed by atoms with E-state index in [0.29, 0.717) is 12.0 Å². The van der Waals surface area contributed by atoms with E-state index in [1.54, 1.807) is 30.5 Å². The number of aromatic nitrogens is 1. The Bertz CT molecular complexity index is 944. The average Bonchev–Trinajstić information content (AvgIpc) is 2.66. The third-order valence-electron chi connectivity index (χ3n) is 3.88. The number of fused-ring (bicyclic) bond motifs is 1. The minimum atomic E-state index is -0.790. The number of ether oxygens (including phenoxy) is 1. The van der Waals surface area contributed by atoms with Gasteiger partial charge < -0.3 is 10.1 Å². The molecule has 134 valence electrons. The van der Waals surface area contributed by atoms with Gasteiger partial charge in [0.1, 0.15) is 0 Å². The van der Waals surface area contributed by atoms with Crippen LogP contribution in [0.15, 0.2) is 48.7 Å². The van der Waals surface area contributed by atoms with Gasteiger partial charge >= 0.3 is 0 Å². The van der Waals surface area contributed by atoms with Gasteiger partial charge in [0, 0.05) is 29.3 Å². The number of halogens is 2. The summed E-state index contributed by atoms with van der Waals surface area (Å²) in [5.41, 5.74) is 1.38. The molecule has 1 N–H and O–H groups in total. The summed E-state index contributed by atoms with van der Waals surface area (Å²) < 4.78 is 33.2. The van der Waals surface area contributed by atoms with Gasteiger partial charge in [-0.15, -0.1) is 0 Å². The number of hydrogen-bond donors (Lipinski definition) is 1. The van der Waals surface area contributed by atoms with Crippen molar-refractivity contribution in [2.45, 2.75) is 19.9 Å². The van der Waals surface area contributed by atoms with Crippen LogP contribution in [-0.2, 0) is 6.54 Å². The van der Waals surface area contributed by atoms with E-state index in [2.05, 4.69) is 10.3 Å². The summed E-state index contributed by atoms with van der Waals surface area (Å²) in [6.07, 6.45) is 2.31. The van der Waals surface area contributed by atoms with E-state index in [1.165, 1.54) is 6.07 Å². The number of hydrogen-bond acceptors (Lipinski definition) is 3. The standard InChI is InChI=1S/C20H18F2N2O2/c1-2-10-26-19-16(21)7-5-15(18(19)22)12-24-20(25)14-6-8-17-13(11-14)4-3-9-23-17/h3-9,11H,2,10,12H2,1H3,(H,24,25). The zero-order valence-electron chi connectivity index (χ0n) is 14.3. The maximum Gasteiger partial charge on any atom is 0.251 e. The molecule has 0 aliphatic carbocycles. The Morgan fingerprint density at radius 3 is 2.85 bits per heavy atom. The molecule has 0 spiro atoms. The molecule has 1 heterocycles. The molecule has 1 amide bonds. The molecule has 0 atom stereocenters. The van der Waals surface area contributed by atoms with Crippen LogP contribution >= 0.6 is 0 Å². The number of amides is 1. The van der Waals surface area contributed by atoms with E-state index in [-0.39, 0.29) is 24.6 Å². The first kappa shape index (κ1) is 17.8. The minimum absolute atomic E-state index is 0.0709. The van der Waals surface area contributed by atoms with Gasteiger partial charge in [-0.2, -0.15) is 0 Å². The van der Waals surface area contributed by atoms with Crippen LogP contribution in [0.3, 0.4) is 0 Å². The highest BCUT2D eigenvalue weighted by Crippen LogP contribution is 2.25. The highest BCUT2D eigenvalue weighted by atomic mass is 19.1. The number of carbonyl (C=O) groups excluding carboxylic acids is 1. The lowest BCUT2D eigenvalue weighted by Gasteiger charge is -2.12. The molecule has 0 aliphatic rings. The van der Waals surface area contributed by atoms with Crippen LogP contribution in [0.1, 0.15) is 29.3 Å². The normalized spacial score (nSPS) is 10.7. The topological polar surface area (TPSA) is 51.2 Å². The fourth-order valence-corrected chi connectivity index (χ4v) is 2.54. The van der Waals surface area contributed by atoms with E-state index in [1.807, 2.05) is 13.0 Å². The molecule has 0 fully saturated rings. The summed E-state index contributed by atoms with van der Waals surface area (Å²) in [6.45, 7) is 1.99. The monoisotopic (exact) mass is 356 g/mol. The molecule has 0 radical (unpaired) electrons. The summed E-state index contributed by atoms with van der Waals surface area (Å²) in [7, 11) is 0. The number of benzene rings is 2. The molecule has 6 heteroatoms. The third-order valence-corrected chi connectivity index (χ3v) is 3.88. The summed E-state index contributed by atoms with van der Waals surface area (Å²) in [5.74, 6) is -2.31. The smallest absolute Gasteiger partial charge is 0.251 e. The van der Waals surface area contributed by atoms with E-state index < -0.39 is 17.4 Å². The summed E-state index contributed by atoms with van der Waals surface area (Å²) in [4.78, 5) is 16.5. The lowest BCUT2D eigenvalue weighted by molar-refractivity contribution is 0.0950. The van der Waals surface area contributed by atoms with Crippen LogP contribution < -0.4 is 10.1 Å². The van der Waals surface area contributed by atoms with E-state index in [9.17, 15) is 13.6 Å². The second kappa shape index (κ2) is 7.91. The van der Waals surface area contributed by atoms with Crippen molar-refractivity contribution in [1.82, 2.24) is 10.3 Å². The quantitative estimate of drug-likeness (QED) is 0.719. The number of nitrogens with one attached hydrogen (secondary N) is 1. The van der Waals surface area contributed by atoms with Gasteiger partial charge in [0.15, 0.2) is 17.4 Å². The Morgan fingerprint density at radius 1 is 1.19 bits per heavy atom. The first-order valence-corrected chi connectivity index (χ1v) is 8.32. The molecule has 1 aromatic heterocycles. The number of nitrogens with zero attached hydrogens (tertiary/aromatic N) is 1. The van der Waals surface area contributed by atoms with Crippen molar-refractivity contribution >= 4 is 16.8 Å². The highest BCUT2D eigenvalue weighted by Gasteiger charge is 2.16. The second-order valence-electron chi connectivity index (χ2n) is 5.79. The van der Waals surface area contributed by atoms with Gasteiger partial charge in [-0.1, -0.05) is 19.1 Å². The summed E-state index contributed by atoms with van der Waals surface area (Å²) in [5, 5.41) is 3.48. The van der Waals surface area contributed by atoms with Crippen LogP contribution in [-0.4, -0.2) is 17.5 Å². The van der Waals surface area contributed by atoms with Crippen LogP contribution in [0.25, 0.3) is 10.9 Å². The van der Waals surface area contributed by atoms with Crippen LogP contribution in [0.5, 0.6) is 5.75 Å². The predicted octanol–water partition coefficient (Wildman–Crippen LogP) is 4.23. The Balaban J connectivity index is 1.74. The lowest BCUT2D eigenvalue weighted by Crippen LogP contribution is -2.23. The SMILES string of the molecule is CCCOc1c(F)ccc(CNC(=O)c2ccc3ncccc3c2)c1F. The second-order valence-corrected chi connectivity index (χ2v) is 5.79. The number of rotatable bonds is 6. The molecule has 0 aliphatic heterocycles. The summed E-state index contributed by atoms with van der Waals surface area (Å²) in [6, 6.07) is 11.2. The average molecular weight is 356 g/mol. The number of carbonyl (C=O) groups is 1. The van der Waals surface area contributed by atoms with E-state index >= 15 is 0 Å². The molecule has 0 bridgehead atoms. The van der Waals surface area contributed by atoms with Crippen molar-refractivity contribution < 1.29 is 18.3 Å². The zero-order valence-corrected chi connectivity index (χ0v) is 14.3. The third kappa shape index (κ3) is 3.79. The van der Waals surface area contributed by atoms with Crippen molar-refractivity contribution in [2.24, 2.45) is 0 Å². The molecule has 2 aromatic carbocycles. The van der Waals surface area contributed by atoms with E-state index in [0.717, 1.165) is 17.0 Å². The van der Waals surface area contributed by atoms with Crippen molar-refractivity contribution in [3.8, 4) is 5.75 Å². The van der Waals surface area contributed by atoms with Crippen LogP contribution in [0, 0.1) is 11.6 Å². The van der Waals surface area contributed by atoms with Gasteiger partial charge in [-0.05, 0) is 36.8 Å². The molecule has 3 rings (SSSR count). The molecule has 4 nitrogen and oxygen atoms in total. The van der Waals surface area contributed by atoms with Gasteiger partial charge in [0.25, 0.3) is 5.91 Å². The maximum atomic E-state index is 14.4. The Kier molecular flexibility index (Phi) is 5.41. The maximum absolute atomic E-state index is 14.4. The molecule has 0 saturated heterocycles. The van der Waals surface area contributed by atoms with Crippen LogP contribution in [0.4, 0.5) is 8.78 Å². The fourth-order valence-electron chi connectivity index (χ4n) is 2.54. The van der Waals surface area contributed by atoms with E-state index in [4.69, 9.17) is 4.74 Å². The van der Waals surface area contributed by atoms with Crippen molar-refractivity contribution in [2.75, 3.05) is 6.61 Å². The lowest BCUT2D eigenvalue weighted by atomic mass is 10.1. The molecular weight excluding hydrogens is 338 g/mol. The van der Waals surface area contributed by atoms with Crippen molar-refractivity contribution in [3.63, 3.8) is 0 Å². The zero-order chi connectivity index (χ0) is 18.5. The largest absolute Gasteiger partial charge is 0.488 e. The van der Waals surface area contributed by atoms with Gasteiger partial charge in [0.2, 0.25) is 0 Å². The molecule has 3 aromatic rings. The van der Waals surface area contributed by atoms with Gasteiger partial charge in [-0.25, -0.2) is 8.78 Å². The summed E-state index contributed by atoms with van der Waals surface area (Å²) >= 11 is 0. The molecule has 0 unspecified atom stereocenters. The van der Waals surface area contributed by atoms with Crippen molar-refractivity contribution in [1.29, 1.82) is 0 Å². The minimum Gasteiger partial charge on any atom is -0.488 e. The molecule has 0 saturated carbocycles. The fraction of sp³-hybridized carbons (Fsp3) is 0.200. The Hall–Kier alpha value is -3.02. The first-order chi connectivity index (χ1) is 12.6. The van der Waals surface area contributed by atoms with Gasteiger partial charge in [-0.3, -0.25) is 9.78 Å². The predicted molar refractivity (Wildman–Crippen MR) is 95.1 cm³/mol. The van der Waals surface area contributed by atoms with Gasteiger partial charge in [0.05, 0.1) is 12.1 Å². The Labute approximate surface area is 149 Å². The van der Waals surface area contributed by atoms with Crippen molar-refractivity contribution in [3.05, 3.63) is 71.4 Å². The molecule has 26 heavy (non-hydrogen) atoms. The van der Waals surface area contributed by atoms with Crippen LogP contribution in [0.2, 0.25) is 0 Å². The molecular formula is C20H18F2N2O2. The highest BCUT2D eigenvalue weighted by molar-refractivity contribution is 5.97.